The van der Waals surface area contributed by atoms with Gasteiger partial charge in [0.1, 0.15) is 6.10 Å². The molecule has 3 nitrogen and oxygen atoms in total. The molecule has 0 radical (unpaired) electrons. The number of ether oxygens (including phenoxy) is 1. The molecule has 0 aromatic rings. The molecule has 0 spiro atoms. The molecule has 1 unspecified atom stereocenters. The molecule has 0 bridgehead atoms. The van der Waals surface area contributed by atoms with Crippen molar-refractivity contribution in [1.29, 1.82) is 0 Å². The fraction of sp³-hybridized carbons (Fsp3) is 0.818. The Morgan fingerprint density at radius 2 is 2.21 bits per heavy atom. The fourth-order valence-corrected chi connectivity index (χ4v) is 2.05. The molecule has 0 aromatic carbocycles. The molecule has 3 heteroatoms. The average Bonchev–Trinajstić information content (AvgIpc) is 2.17. The van der Waals surface area contributed by atoms with Gasteiger partial charge in [-0.05, 0) is 44.2 Å². The normalized spacial score (nSPS) is 36.2. The summed E-state index contributed by atoms with van der Waals surface area (Å²) in [6.45, 7) is 1.97. The van der Waals surface area contributed by atoms with E-state index in [1.54, 1.807) is 0 Å². The lowest BCUT2D eigenvalue weighted by atomic mass is 9.82. The Bertz CT molecular complexity index is 199. The maximum Gasteiger partial charge on any atom is 0.110 e. The van der Waals surface area contributed by atoms with Gasteiger partial charge in [0.2, 0.25) is 0 Å². The molecule has 1 aliphatic carbocycles. The number of nitrogens with one attached hydrogen (secondary N) is 1. The third-order valence-corrected chi connectivity index (χ3v) is 3.04. The Balaban J connectivity index is 1.52. The van der Waals surface area contributed by atoms with Crippen LogP contribution in [-0.2, 0) is 4.74 Å². The molecule has 0 aromatic heterocycles. The van der Waals surface area contributed by atoms with Crippen LogP contribution in [0.15, 0.2) is 12.3 Å². The number of hydrogen-bond donors (Lipinski definition) is 2. The molecule has 80 valence electrons. The summed E-state index contributed by atoms with van der Waals surface area (Å²) in [6, 6.07) is 0. The van der Waals surface area contributed by atoms with Gasteiger partial charge in [-0.3, -0.25) is 0 Å². The summed E-state index contributed by atoms with van der Waals surface area (Å²) >= 11 is 0. The van der Waals surface area contributed by atoms with Crippen molar-refractivity contribution in [2.24, 2.45) is 5.92 Å². The molecule has 2 N–H and O–H groups in total. The number of allylic oxidation sites excluding steroid dienone is 1. The highest BCUT2D eigenvalue weighted by atomic mass is 16.5. The smallest absolute Gasteiger partial charge is 0.110 e. The van der Waals surface area contributed by atoms with Crippen LogP contribution in [0.1, 0.15) is 25.7 Å². The van der Waals surface area contributed by atoms with Crippen molar-refractivity contribution in [3.05, 3.63) is 12.3 Å². The molecular weight excluding hydrogens is 178 g/mol. The quantitative estimate of drug-likeness (QED) is 0.707. The minimum absolute atomic E-state index is 0.0318. The third-order valence-electron chi connectivity index (χ3n) is 3.04. The lowest BCUT2D eigenvalue weighted by Crippen LogP contribution is -2.39. The highest BCUT2D eigenvalue weighted by Crippen LogP contribution is 2.26. The summed E-state index contributed by atoms with van der Waals surface area (Å²) in [6.07, 6.45) is 8.39. The van der Waals surface area contributed by atoms with E-state index in [0.717, 1.165) is 38.8 Å². The minimum atomic E-state index is -0.0318. The average molecular weight is 197 g/mol. The summed E-state index contributed by atoms with van der Waals surface area (Å²) < 4.78 is 5.44. The van der Waals surface area contributed by atoms with Crippen molar-refractivity contribution in [3.63, 3.8) is 0 Å². The summed E-state index contributed by atoms with van der Waals surface area (Å²) in [5.41, 5.74) is 0. The zero-order valence-corrected chi connectivity index (χ0v) is 8.48. The van der Waals surface area contributed by atoms with Crippen molar-refractivity contribution in [2.75, 3.05) is 13.1 Å². The van der Waals surface area contributed by atoms with Gasteiger partial charge in [0.25, 0.3) is 0 Å². The van der Waals surface area contributed by atoms with Crippen LogP contribution in [0.25, 0.3) is 0 Å². The number of hydrogen-bond acceptors (Lipinski definition) is 3. The van der Waals surface area contributed by atoms with E-state index in [1.807, 2.05) is 6.26 Å². The van der Waals surface area contributed by atoms with E-state index in [-0.39, 0.29) is 6.10 Å². The number of aliphatic hydroxyl groups excluding tert-OH is 1. The lowest BCUT2D eigenvalue weighted by molar-refractivity contribution is 0.0405. The molecular formula is C11H19NO2. The van der Waals surface area contributed by atoms with Gasteiger partial charge in [-0.2, -0.15) is 0 Å². The largest absolute Gasteiger partial charge is 0.497 e. The summed E-state index contributed by atoms with van der Waals surface area (Å²) in [4.78, 5) is 0. The van der Waals surface area contributed by atoms with Gasteiger partial charge in [0, 0.05) is 6.54 Å². The van der Waals surface area contributed by atoms with Crippen LogP contribution < -0.4 is 5.32 Å². The van der Waals surface area contributed by atoms with Crippen LogP contribution in [0.5, 0.6) is 0 Å². The second kappa shape index (κ2) is 4.80. The summed E-state index contributed by atoms with van der Waals surface area (Å²) in [5, 5.41) is 12.5. The van der Waals surface area contributed by atoms with E-state index in [0.29, 0.717) is 12.0 Å². The molecule has 2 rings (SSSR count). The van der Waals surface area contributed by atoms with Crippen LogP contribution >= 0.6 is 0 Å². The van der Waals surface area contributed by atoms with E-state index >= 15 is 0 Å². The van der Waals surface area contributed by atoms with Gasteiger partial charge in [-0.1, -0.05) is 0 Å². The minimum Gasteiger partial charge on any atom is -0.497 e. The third kappa shape index (κ3) is 2.72. The van der Waals surface area contributed by atoms with E-state index in [1.165, 1.54) is 0 Å². The predicted molar refractivity (Wildman–Crippen MR) is 54.8 cm³/mol. The first-order chi connectivity index (χ1) is 6.84. The Morgan fingerprint density at radius 1 is 1.36 bits per heavy atom. The van der Waals surface area contributed by atoms with Crippen LogP contribution in [-0.4, -0.2) is 30.4 Å². The maximum absolute atomic E-state index is 9.10. The van der Waals surface area contributed by atoms with Crippen LogP contribution in [0.2, 0.25) is 0 Å². The highest BCUT2D eigenvalue weighted by Gasteiger charge is 2.26. The molecule has 1 fully saturated rings. The van der Waals surface area contributed by atoms with Gasteiger partial charge in [0.15, 0.2) is 0 Å². The van der Waals surface area contributed by atoms with E-state index in [9.17, 15) is 0 Å². The number of rotatable bonds is 4. The van der Waals surface area contributed by atoms with Crippen LogP contribution in [0.4, 0.5) is 0 Å². The topological polar surface area (TPSA) is 41.5 Å². The maximum atomic E-state index is 9.10. The molecule has 1 saturated carbocycles. The zero-order chi connectivity index (χ0) is 9.80. The van der Waals surface area contributed by atoms with Gasteiger partial charge in [-0.15, -0.1) is 0 Å². The van der Waals surface area contributed by atoms with Crippen LogP contribution in [0.3, 0.4) is 0 Å². The van der Waals surface area contributed by atoms with Crippen molar-refractivity contribution < 1.29 is 9.84 Å². The van der Waals surface area contributed by atoms with Gasteiger partial charge in [0.05, 0.1) is 12.4 Å². The lowest BCUT2D eigenvalue weighted by Gasteiger charge is -2.32. The van der Waals surface area contributed by atoms with Gasteiger partial charge >= 0.3 is 0 Å². The Morgan fingerprint density at radius 3 is 2.86 bits per heavy atom. The monoisotopic (exact) mass is 197 g/mol. The van der Waals surface area contributed by atoms with Gasteiger partial charge in [-0.25, -0.2) is 0 Å². The van der Waals surface area contributed by atoms with Crippen molar-refractivity contribution in [3.8, 4) is 0 Å². The Labute approximate surface area is 85.1 Å². The first kappa shape index (κ1) is 9.99. The molecule has 0 saturated heterocycles. The Kier molecular flexibility index (Phi) is 3.43. The number of aliphatic hydroxyl groups is 1. The first-order valence-electron chi connectivity index (χ1n) is 5.54. The Hall–Kier alpha value is -0.540. The highest BCUT2D eigenvalue weighted by molar-refractivity contribution is 4.84. The first-order valence-corrected chi connectivity index (χ1v) is 5.54. The zero-order valence-electron chi connectivity index (χ0n) is 8.48. The predicted octanol–water partition coefficient (Wildman–Crippen LogP) is 1.04. The second-order valence-corrected chi connectivity index (χ2v) is 4.36. The summed E-state index contributed by atoms with van der Waals surface area (Å²) in [7, 11) is 0. The SMILES string of the molecule is OC1CC(CNCC2CCC=CO2)C1. The van der Waals surface area contributed by atoms with Crippen molar-refractivity contribution >= 4 is 0 Å². The molecule has 1 atom stereocenters. The fourth-order valence-electron chi connectivity index (χ4n) is 2.05. The van der Waals surface area contributed by atoms with E-state index < -0.39 is 0 Å². The molecule has 1 aliphatic heterocycles. The van der Waals surface area contributed by atoms with E-state index in [4.69, 9.17) is 9.84 Å². The summed E-state index contributed by atoms with van der Waals surface area (Å²) in [5.74, 6) is 0.684. The van der Waals surface area contributed by atoms with Gasteiger partial charge < -0.3 is 15.2 Å². The molecule has 1 heterocycles. The standard InChI is InChI=1S/C11H19NO2/c13-10-5-9(6-10)7-12-8-11-3-1-2-4-14-11/h2,4,9-13H,1,3,5-8H2. The van der Waals surface area contributed by atoms with Crippen molar-refractivity contribution in [2.45, 2.75) is 37.9 Å². The second-order valence-electron chi connectivity index (χ2n) is 4.36. The van der Waals surface area contributed by atoms with Crippen molar-refractivity contribution in [1.82, 2.24) is 5.32 Å². The molecule has 0 amide bonds. The van der Waals surface area contributed by atoms with E-state index in [2.05, 4.69) is 11.4 Å². The van der Waals surface area contributed by atoms with Crippen LogP contribution in [0, 0.1) is 5.92 Å². The molecule has 14 heavy (non-hydrogen) atoms. The molecule has 2 aliphatic rings.